The molecule has 0 unspecified atom stereocenters. The summed E-state index contributed by atoms with van der Waals surface area (Å²) in [6.45, 7) is 1.49. The van der Waals surface area contributed by atoms with Gasteiger partial charge in [0.25, 0.3) is 0 Å². The number of ketones is 1. The molecule has 0 N–H and O–H groups in total. The van der Waals surface area contributed by atoms with E-state index in [0.717, 1.165) is 25.7 Å². The van der Waals surface area contributed by atoms with Crippen molar-refractivity contribution in [2.45, 2.75) is 32.6 Å². The van der Waals surface area contributed by atoms with Crippen LogP contribution in [0.5, 0.6) is 0 Å². The zero-order valence-corrected chi connectivity index (χ0v) is 9.22. The third-order valence-corrected chi connectivity index (χ3v) is 3.27. The molecule has 1 fully saturated rings. The van der Waals surface area contributed by atoms with Crippen molar-refractivity contribution in [2.24, 2.45) is 5.92 Å². The lowest BCUT2D eigenvalue weighted by Gasteiger charge is -2.09. The molecule has 0 aromatic heterocycles. The van der Waals surface area contributed by atoms with Crippen LogP contribution in [0.3, 0.4) is 0 Å². The molecule has 0 spiro atoms. The van der Waals surface area contributed by atoms with E-state index in [4.69, 9.17) is 0 Å². The summed E-state index contributed by atoms with van der Waals surface area (Å²) in [4.78, 5) is 11.9. The van der Waals surface area contributed by atoms with E-state index in [2.05, 4.69) is 0 Å². The third-order valence-electron chi connectivity index (χ3n) is 3.27. The molecule has 1 aliphatic rings. The van der Waals surface area contributed by atoms with E-state index in [1.807, 2.05) is 0 Å². The highest BCUT2D eigenvalue weighted by atomic mass is 19.2. The minimum atomic E-state index is -0.989. The normalized spacial score (nSPS) is 16.7. The fourth-order valence-electron chi connectivity index (χ4n) is 2.24. The van der Waals surface area contributed by atoms with E-state index in [9.17, 15) is 13.6 Å². The first-order chi connectivity index (χ1) is 7.61. The van der Waals surface area contributed by atoms with Gasteiger partial charge in [0.2, 0.25) is 0 Å². The molecule has 16 heavy (non-hydrogen) atoms. The number of halogens is 2. The van der Waals surface area contributed by atoms with Gasteiger partial charge in [-0.3, -0.25) is 4.79 Å². The zero-order chi connectivity index (χ0) is 11.7. The summed E-state index contributed by atoms with van der Waals surface area (Å²) in [6, 6.07) is 2.86. The van der Waals surface area contributed by atoms with Crippen LogP contribution in [0.4, 0.5) is 8.78 Å². The molecule has 0 saturated heterocycles. The van der Waals surface area contributed by atoms with Crippen LogP contribution in [0.15, 0.2) is 12.1 Å². The Balaban J connectivity index is 2.33. The van der Waals surface area contributed by atoms with Gasteiger partial charge in [-0.15, -0.1) is 0 Å². The van der Waals surface area contributed by atoms with Gasteiger partial charge < -0.3 is 0 Å². The van der Waals surface area contributed by atoms with Gasteiger partial charge in [0.05, 0.1) is 5.56 Å². The van der Waals surface area contributed by atoms with Crippen molar-refractivity contribution in [1.29, 1.82) is 0 Å². The van der Waals surface area contributed by atoms with Crippen molar-refractivity contribution >= 4 is 5.78 Å². The highest BCUT2D eigenvalue weighted by Crippen LogP contribution is 2.29. The van der Waals surface area contributed by atoms with E-state index in [-0.39, 0.29) is 22.8 Å². The summed E-state index contributed by atoms with van der Waals surface area (Å²) in [5.41, 5.74) is 0.149. The molecule has 0 radical (unpaired) electrons. The summed E-state index contributed by atoms with van der Waals surface area (Å²) in [7, 11) is 0. The predicted molar refractivity (Wildman–Crippen MR) is 57.4 cm³/mol. The highest BCUT2D eigenvalue weighted by molar-refractivity contribution is 5.98. The van der Waals surface area contributed by atoms with E-state index in [1.54, 1.807) is 0 Å². The van der Waals surface area contributed by atoms with Crippen molar-refractivity contribution in [2.75, 3.05) is 0 Å². The second kappa shape index (κ2) is 4.32. The number of hydrogen-bond donors (Lipinski definition) is 0. The lowest BCUT2D eigenvalue weighted by atomic mass is 9.95. The molecule has 3 heteroatoms. The van der Waals surface area contributed by atoms with Gasteiger partial charge in [-0.2, -0.15) is 0 Å². The lowest BCUT2D eigenvalue weighted by molar-refractivity contribution is 0.0917. The average molecular weight is 224 g/mol. The third kappa shape index (κ3) is 1.86. The number of carbonyl (C=O) groups is 1. The Morgan fingerprint density at radius 2 is 1.81 bits per heavy atom. The Kier molecular flexibility index (Phi) is 3.03. The van der Waals surface area contributed by atoms with Gasteiger partial charge in [0, 0.05) is 5.92 Å². The number of hydrogen-bond acceptors (Lipinski definition) is 1. The molecule has 1 aromatic rings. The molecule has 0 aliphatic heterocycles. The van der Waals surface area contributed by atoms with Crippen molar-refractivity contribution in [3.05, 3.63) is 34.9 Å². The summed E-state index contributed by atoms with van der Waals surface area (Å²) < 4.78 is 26.9. The van der Waals surface area contributed by atoms with E-state index in [0.29, 0.717) is 0 Å². The molecule has 1 nitrogen and oxygen atoms in total. The van der Waals surface area contributed by atoms with Crippen molar-refractivity contribution in [3.63, 3.8) is 0 Å². The summed E-state index contributed by atoms with van der Waals surface area (Å²) in [6.07, 6.45) is 3.61. The van der Waals surface area contributed by atoms with Gasteiger partial charge in [-0.25, -0.2) is 8.78 Å². The molecule has 1 aromatic carbocycles. The largest absolute Gasteiger partial charge is 0.294 e. The Morgan fingerprint density at radius 1 is 1.19 bits per heavy atom. The van der Waals surface area contributed by atoms with Crippen LogP contribution in [0.25, 0.3) is 0 Å². The number of Topliss-reactive ketones (excluding diaryl/α,β-unsaturated/α-hetero) is 1. The van der Waals surface area contributed by atoms with E-state index in [1.165, 1.54) is 19.1 Å². The van der Waals surface area contributed by atoms with E-state index >= 15 is 0 Å². The number of rotatable bonds is 2. The molecule has 1 aliphatic carbocycles. The van der Waals surface area contributed by atoms with Crippen LogP contribution >= 0.6 is 0 Å². The predicted octanol–water partition coefficient (Wildman–Crippen LogP) is 3.65. The fourth-order valence-corrected chi connectivity index (χ4v) is 2.24. The van der Waals surface area contributed by atoms with Crippen LogP contribution in [0.1, 0.15) is 41.6 Å². The molecule has 2 rings (SSSR count). The first-order valence-corrected chi connectivity index (χ1v) is 5.60. The SMILES string of the molecule is Cc1ccc(C(=O)C2CCCC2)c(F)c1F. The van der Waals surface area contributed by atoms with Gasteiger partial charge in [-0.1, -0.05) is 18.9 Å². The average Bonchev–Trinajstić information content (AvgIpc) is 2.79. The molecule has 1 saturated carbocycles. The second-order valence-electron chi connectivity index (χ2n) is 4.40. The van der Waals surface area contributed by atoms with Gasteiger partial charge in [0.15, 0.2) is 17.4 Å². The fraction of sp³-hybridized carbons (Fsp3) is 0.462. The molecule has 0 heterocycles. The Morgan fingerprint density at radius 3 is 2.44 bits per heavy atom. The summed E-state index contributed by atoms with van der Waals surface area (Å²) in [5, 5.41) is 0. The van der Waals surface area contributed by atoms with E-state index < -0.39 is 11.6 Å². The maximum Gasteiger partial charge on any atom is 0.169 e. The molecule has 0 amide bonds. The van der Waals surface area contributed by atoms with Crippen LogP contribution < -0.4 is 0 Å². The lowest BCUT2D eigenvalue weighted by Crippen LogP contribution is -2.14. The summed E-state index contributed by atoms with van der Waals surface area (Å²) >= 11 is 0. The number of carbonyl (C=O) groups excluding carboxylic acids is 1. The van der Waals surface area contributed by atoms with Crippen LogP contribution in [-0.2, 0) is 0 Å². The number of aryl methyl sites for hydroxylation is 1. The first kappa shape index (κ1) is 11.2. The minimum absolute atomic E-state index is 0.0880. The smallest absolute Gasteiger partial charge is 0.169 e. The first-order valence-electron chi connectivity index (χ1n) is 5.60. The molecular formula is C13H14F2O. The maximum absolute atomic E-state index is 13.6. The minimum Gasteiger partial charge on any atom is -0.294 e. The topological polar surface area (TPSA) is 17.1 Å². The highest BCUT2D eigenvalue weighted by Gasteiger charge is 2.27. The monoisotopic (exact) mass is 224 g/mol. The molecule has 0 bridgehead atoms. The van der Waals surface area contributed by atoms with Crippen molar-refractivity contribution < 1.29 is 13.6 Å². The quantitative estimate of drug-likeness (QED) is 0.701. The molecule has 0 atom stereocenters. The van der Waals surface area contributed by atoms with Gasteiger partial charge in [-0.05, 0) is 31.4 Å². The van der Waals surface area contributed by atoms with Crippen molar-refractivity contribution in [3.8, 4) is 0 Å². The Hall–Kier alpha value is -1.25. The Labute approximate surface area is 93.5 Å². The maximum atomic E-state index is 13.6. The van der Waals surface area contributed by atoms with Crippen molar-refractivity contribution in [1.82, 2.24) is 0 Å². The standard InChI is InChI=1S/C13H14F2O/c1-8-6-7-10(12(15)11(8)14)13(16)9-4-2-3-5-9/h6-7,9H,2-5H2,1H3. The van der Waals surface area contributed by atoms with Gasteiger partial charge in [0.1, 0.15) is 0 Å². The zero-order valence-electron chi connectivity index (χ0n) is 9.22. The van der Waals surface area contributed by atoms with Crippen LogP contribution in [-0.4, -0.2) is 5.78 Å². The Bertz CT molecular complexity index is 420. The number of benzene rings is 1. The van der Waals surface area contributed by atoms with Crippen LogP contribution in [0, 0.1) is 24.5 Å². The summed E-state index contributed by atoms with van der Waals surface area (Å²) in [5.74, 6) is -2.24. The second-order valence-corrected chi connectivity index (χ2v) is 4.40. The van der Waals surface area contributed by atoms with Gasteiger partial charge >= 0.3 is 0 Å². The molecule has 86 valence electrons. The van der Waals surface area contributed by atoms with Crippen LogP contribution in [0.2, 0.25) is 0 Å². The molecular weight excluding hydrogens is 210 g/mol.